The highest BCUT2D eigenvalue weighted by atomic mass is 32.1. The molecule has 2 aromatic rings. The summed E-state index contributed by atoms with van der Waals surface area (Å²) < 4.78 is 16.7. The minimum Gasteiger partial charge on any atom is -0.310 e. The van der Waals surface area contributed by atoms with Gasteiger partial charge in [-0.15, -0.1) is 5.10 Å². The lowest BCUT2D eigenvalue weighted by atomic mass is 10.2. The topological polar surface area (TPSA) is 50.7 Å². The third kappa shape index (κ3) is 3.04. The molecular formula is C11H13FN4S. The number of halogens is 1. The maximum Gasteiger partial charge on any atom is 0.141 e. The highest BCUT2D eigenvalue weighted by Gasteiger charge is 2.11. The molecule has 6 heteroatoms. The maximum atomic E-state index is 12.8. The second kappa shape index (κ2) is 5.29. The van der Waals surface area contributed by atoms with E-state index in [9.17, 15) is 4.39 Å². The summed E-state index contributed by atoms with van der Waals surface area (Å²) in [4.78, 5) is 5.02. The van der Waals surface area contributed by atoms with E-state index in [1.54, 1.807) is 6.07 Å². The van der Waals surface area contributed by atoms with Gasteiger partial charge >= 0.3 is 0 Å². The first-order valence-corrected chi connectivity index (χ1v) is 6.10. The summed E-state index contributed by atoms with van der Waals surface area (Å²) in [5, 5.41) is 7.34. The predicted octanol–water partition coefficient (Wildman–Crippen LogP) is 2.24. The normalized spacial score (nSPS) is 11.1. The molecule has 0 saturated heterocycles. The smallest absolute Gasteiger partial charge is 0.141 e. The van der Waals surface area contributed by atoms with Gasteiger partial charge in [-0.3, -0.25) is 4.98 Å². The molecule has 0 amide bonds. The molecular weight excluding hydrogens is 239 g/mol. The van der Waals surface area contributed by atoms with Crippen LogP contribution in [0.4, 0.5) is 4.39 Å². The number of nitrogens with one attached hydrogen (secondary N) is 1. The second-order valence-electron chi connectivity index (χ2n) is 3.94. The van der Waals surface area contributed by atoms with Crippen molar-refractivity contribution < 1.29 is 4.39 Å². The summed E-state index contributed by atoms with van der Waals surface area (Å²) in [5.74, 6) is -0.348. The molecule has 0 spiro atoms. The largest absolute Gasteiger partial charge is 0.310 e. The minimum atomic E-state index is -0.348. The first kappa shape index (κ1) is 12.1. The van der Waals surface area contributed by atoms with Crippen LogP contribution in [0.15, 0.2) is 18.3 Å². The number of nitrogens with zero attached hydrogens (tertiary/aromatic N) is 3. The molecule has 1 N–H and O–H groups in total. The average molecular weight is 252 g/mol. The van der Waals surface area contributed by atoms with Gasteiger partial charge in [-0.1, -0.05) is 18.3 Å². The molecule has 4 nitrogen and oxygen atoms in total. The van der Waals surface area contributed by atoms with Crippen LogP contribution >= 0.6 is 11.5 Å². The third-order valence-electron chi connectivity index (χ3n) is 2.20. The molecule has 0 saturated carbocycles. The Bertz CT molecular complexity index is 480. The van der Waals surface area contributed by atoms with Crippen molar-refractivity contribution in [3.05, 3.63) is 29.0 Å². The number of pyridine rings is 1. The van der Waals surface area contributed by atoms with E-state index in [0.717, 1.165) is 10.6 Å². The van der Waals surface area contributed by atoms with Crippen LogP contribution in [0.1, 0.15) is 18.7 Å². The van der Waals surface area contributed by atoms with Gasteiger partial charge in [0.05, 0.1) is 16.8 Å². The Morgan fingerprint density at radius 2 is 2.24 bits per heavy atom. The Hall–Kier alpha value is -1.40. The summed E-state index contributed by atoms with van der Waals surface area (Å²) in [6.45, 7) is 4.85. The van der Waals surface area contributed by atoms with Crippen molar-refractivity contribution >= 4 is 11.5 Å². The van der Waals surface area contributed by atoms with Crippen LogP contribution in [0, 0.1) is 5.82 Å². The van der Waals surface area contributed by atoms with Crippen LogP contribution in [-0.2, 0) is 6.54 Å². The molecule has 0 bridgehead atoms. The van der Waals surface area contributed by atoms with E-state index in [1.165, 1.54) is 23.8 Å². The van der Waals surface area contributed by atoms with Gasteiger partial charge in [0.2, 0.25) is 0 Å². The van der Waals surface area contributed by atoms with Gasteiger partial charge in [-0.05, 0) is 23.7 Å². The fraction of sp³-hybridized carbons (Fsp3) is 0.364. The maximum absolute atomic E-state index is 12.8. The van der Waals surface area contributed by atoms with E-state index in [0.29, 0.717) is 18.3 Å². The lowest BCUT2D eigenvalue weighted by Crippen LogP contribution is -2.21. The predicted molar refractivity (Wildman–Crippen MR) is 65.1 cm³/mol. The molecule has 2 rings (SSSR count). The summed E-state index contributed by atoms with van der Waals surface area (Å²) >= 11 is 1.33. The van der Waals surface area contributed by atoms with Gasteiger partial charge in [0.1, 0.15) is 11.5 Å². The highest BCUT2D eigenvalue weighted by molar-refractivity contribution is 7.05. The van der Waals surface area contributed by atoms with Gasteiger partial charge in [-0.2, -0.15) is 0 Å². The van der Waals surface area contributed by atoms with E-state index in [2.05, 4.69) is 33.7 Å². The Morgan fingerprint density at radius 3 is 2.88 bits per heavy atom. The van der Waals surface area contributed by atoms with Crippen LogP contribution in [0.5, 0.6) is 0 Å². The quantitative estimate of drug-likeness (QED) is 0.906. The van der Waals surface area contributed by atoms with Crippen molar-refractivity contribution in [1.82, 2.24) is 19.9 Å². The zero-order valence-electron chi connectivity index (χ0n) is 9.64. The summed E-state index contributed by atoms with van der Waals surface area (Å²) in [6, 6.07) is 3.39. The standard InChI is InChI=1S/C11H13FN4S/c1-7(2)13-6-10-11(15-16-17-10)9-4-3-8(12)5-14-9/h3-5,7,13H,6H2,1-2H3. The molecule has 0 atom stereocenters. The van der Waals surface area contributed by atoms with E-state index < -0.39 is 0 Å². The molecule has 0 unspecified atom stereocenters. The molecule has 0 aliphatic heterocycles. The molecule has 0 aliphatic carbocycles. The number of rotatable bonds is 4. The van der Waals surface area contributed by atoms with Crippen molar-refractivity contribution in [1.29, 1.82) is 0 Å². The van der Waals surface area contributed by atoms with Crippen LogP contribution in [0.2, 0.25) is 0 Å². The van der Waals surface area contributed by atoms with E-state index in [1.807, 2.05) is 0 Å². The monoisotopic (exact) mass is 252 g/mol. The summed E-state index contributed by atoms with van der Waals surface area (Å²) in [5.41, 5.74) is 1.38. The zero-order valence-corrected chi connectivity index (χ0v) is 10.5. The zero-order chi connectivity index (χ0) is 12.3. The van der Waals surface area contributed by atoms with Crippen molar-refractivity contribution in [3.8, 4) is 11.4 Å². The molecule has 0 fully saturated rings. The molecule has 0 aliphatic rings. The fourth-order valence-electron chi connectivity index (χ4n) is 1.33. The van der Waals surface area contributed by atoms with E-state index in [-0.39, 0.29) is 5.82 Å². The van der Waals surface area contributed by atoms with Crippen molar-refractivity contribution in [2.24, 2.45) is 0 Å². The lowest BCUT2D eigenvalue weighted by molar-refractivity contribution is 0.593. The highest BCUT2D eigenvalue weighted by Crippen LogP contribution is 2.21. The number of hydrogen-bond donors (Lipinski definition) is 1. The molecule has 0 aromatic carbocycles. The Balaban J connectivity index is 2.21. The van der Waals surface area contributed by atoms with Gasteiger partial charge in [0.25, 0.3) is 0 Å². The van der Waals surface area contributed by atoms with Gasteiger partial charge in [-0.25, -0.2) is 4.39 Å². The molecule has 2 heterocycles. The Morgan fingerprint density at radius 1 is 1.41 bits per heavy atom. The Labute approximate surface area is 103 Å². The molecule has 0 radical (unpaired) electrons. The lowest BCUT2D eigenvalue weighted by Gasteiger charge is -2.06. The van der Waals surface area contributed by atoms with Gasteiger partial charge in [0, 0.05) is 12.6 Å². The number of hydrogen-bond acceptors (Lipinski definition) is 5. The second-order valence-corrected chi connectivity index (χ2v) is 4.78. The molecule has 90 valence electrons. The molecule has 17 heavy (non-hydrogen) atoms. The average Bonchev–Trinajstić information content (AvgIpc) is 2.75. The first-order chi connectivity index (χ1) is 8.16. The van der Waals surface area contributed by atoms with Crippen LogP contribution in [-0.4, -0.2) is 20.6 Å². The van der Waals surface area contributed by atoms with E-state index in [4.69, 9.17) is 0 Å². The summed E-state index contributed by atoms with van der Waals surface area (Å²) in [7, 11) is 0. The van der Waals surface area contributed by atoms with Crippen LogP contribution in [0.25, 0.3) is 11.4 Å². The minimum absolute atomic E-state index is 0.348. The SMILES string of the molecule is CC(C)NCc1snnc1-c1ccc(F)cn1. The van der Waals surface area contributed by atoms with Crippen molar-refractivity contribution in [2.75, 3.05) is 0 Å². The fourth-order valence-corrected chi connectivity index (χ4v) is 1.93. The van der Waals surface area contributed by atoms with Crippen LogP contribution in [0.3, 0.4) is 0 Å². The first-order valence-electron chi connectivity index (χ1n) is 5.33. The number of aromatic nitrogens is 3. The Kier molecular flexibility index (Phi) is 3.75. The van der Waals surface area contributed by atoms with Gasteiger partial charge < -0.3 is 5.32 Å². The molecule has 2 aromatic heterocycles. The third-order valence-corrected chi connectivity index (χ3v) is 2.92. The van der Waals surface area contributed by atoms with Crippen LogP contribution < -0.4 is 5.32 Å². The van der Waals surface area contributed by atoms with Crippen molar-refractivity contribution in [2.45, 2.75) is 26.4 Å². The van der Waals surface area contributed by atoms with E-state index >= 15 is 0 Å². The summed E-state index contributed by atoms with van der Waals surface area (Å²) in [6.07, 6.45) is 1.19. The van der Waals surface area contributed by atoms with Gasteiger partial charge in [0.15, 0.2) is 0 Å². The van der Waals surface area contributed by atoms with Crippen molar-refractivity contribution in [3.63, 3.8) is 0 Å².